The molecule has 0 aliphatic carbocycles. The fraction of sp³-hybridized carbons (Fsp3) is 0.762. The molecule has 0 radical (unpaired) electrons. The lowest BCUT2D eigenvalue weighted by Crippen LogP contribution is -2.47. The van der Waals surface area contributed by atoms with Gasteiger partial charge in [-0.3, -0.25) is 9.89 Å². The lowest BCUT2D eigenvalue weighted by Gasteiger charge is -2.34. The molecule has 0 atom stereocenters. The van der Waals surface area contributed by atoms with E-state index in [0.717, 1.165) is 83.3 Å². The summed E-state index contributed by atoms with van der Waals surface area (Å²) in [6, 6.07) is 1.86. The van der Waals surface area contributed by atoms with Crippen LogP contribution in [0.5, 0.6) is 0 Å². The largest absolute Gasteiger partial charge is 0.381 e. The Balaban J connectivity index is 0.00000320. The molecule has 1 N–H and O–H groups in total. The Kier molecular flexibility index (Phi) is 11.7. The first-order valence-corrected chi connectivity index (χ1v) is 11.0. The maximum atomic E-state index is 5.46. The number of anilines is 1. The Morgan fingerprint density at radius 3 is 2.57 bits per heavy atom. The second-order valence-electron chi connectivity index (χ2n) is 7.97. The van der Waals surface area contributed by atoms with E-state index < -0.39 is 0 Å². The van der Waals surface area contributed by atoms with Crippen LogP contribution in [0.1, 0.15) is 25.7 Å². The second kappa shape index (κ2) is 14.0. The van der Waals surface area contributed by atoms with Crippen molar-refractivity contribution in [2.75, 3.05) is 78.0 Å². The minimum atomic E-state index is 0. The number of aromatic nitrogens is 2. The lowest BCUT2D eigenvalue weighted by atomic mass is 9.96. The van der Waals surface area contributed by atoms with Gasteiger partial charge < -0.3 is 19.9 Å². The number of ether oxygens (including phenoxy) is 1. The van der Waals surface area contributed by atoms with E-state index in [9.17, 15) is 0 Å². The average Bonchev–Trinajstić information content (AvgIpc) is 2.79. The van der Waals surface area contributed by atoms with Gasteiger partial charge in [0.1, 0.15) is 0 Å². The molecular formula is C21H38IN7O. The van der Waals surface area contributed by atoms with E-state index in [1.807, 2.05) is 25.5 Å². The van der Waals surface area contributed by atoms with Gasteiger partial charge in [-0.05, 0) is 44.2 Å². The zero-order valence-electron chi connectivity index (χ0n) is 18.5. The van der Waals surface area contributed by atoms with Crippen LogP contribution in [-0.4, -0.2) is 98.8 Å². The summed E-state index contributed by atoms with van der Waals surface area (Å²) >= 11 is 0. The number of guanidine groups is 1. The van der Waals surface area contributed by atoms with E-state index in [1.54, 1.807) is 0 Å². The molecule has 0 bridgehead atoms. The van der Waals surface area contributed by atoms with Crippen LogP contribution in [0.3, 0.4) is 0 Å². The fourth-order valence-electron chi connectivity index (χ4n) is 4.03. The minimum absolute atomic E-state index is 0. The summed E-state index contributed by atoms with van der Waals surface area (Å²) in [7, 11) is 4.01. The van der Waals surface area contributed by atoms with Crippen molar-refractivity contribution in [3.05, 3.63) is 18.5 Å². The zero-order valence-corrected chi connectivity index (χ0v) is 20.8. The van der Waals surface area contributed by atoms with Gasteiger partial charge in [-0.2, -0.15) is 0 Å². The highest BCUT2D eigenvalue weighted by atomic mass is 127. The van der Waals surface area contributed by atoms with Crippen molar-refractivity contribution in [2.45, 2.75) is 25.7 Å². The highest BCUT2D eigenvalue weighted by Gasteiger charge is 2.18. The van der Waals surface area contributed by atoms with Gasteiger partial charge in [-0.15, -0.1) is 24.0 Å². The van der Waals surface area contributed by atoms with Crippen LogP contribution in [0.15, 0.2) is 23.5 Å². The molecule has 0 spiro atoms. The predicted molar refractivity (Wildman–Crippen MR) is 133 cm³/mol. The molecule has 0 amide bonds. The number of rotatable bonds is 8. The van der Waals surface area contributed by atoms with E-state index in [-0.39, 0.29) is 24.0 Å². The van der Waals surface area contributed by atoms with Crippen molar-refractivity contribution in [1.29, 1.82) is 0 Å². The minimum Gasteiger partial charge on any atom is -0.381 e. The summed E-state index contributed by atoms with van der Waals surface area (Å²) in [6.45, 7) is 9.09. The van der Waals surface area contributed by atoms with Crippen molar-refractivity contribution in [2.24, 2.45) is 10.9 Å². The molecule has 2 aliphatic rings. The Morgan fingerprint density at radius 1 is 1.20 bits per heavy atom. The Bertz CT molecular complexity index is 605. The number of aliphatic imine (C=N–C) groups is 1. The molecule has 0 aromatic carbocycles. The molecule has 3 rings (SSSR count). The smallest absolute Gasteiger partial charge is 0.225 e. The van der Waals surface area contributed by atoms with Gasteiger partial charge in [-0.25, -0.2) is 9.97 Å². The molecule has 1 aromatic heterocycles. The molecule has 1 aromatic rings. The number of hydrogen-bond acceptors (Lipinski definition) is 6. The molecule has 30 heavy (non-hydrogen) atoms. The maximum Gasteiger partial charge on any atom is 0.225 e. The molecule has 3 heterocycles. The molecule has 0 saturated carbocycles. The van der Waals surface area contributed by atoms with Gasteiger partial charge in [0.15, 0.2) is 5.96 Å². The van der Waals surface area contributed by atoms with Crippen molar-refractivity contribution < 1.29 is 4.74 Å². The monoisotopic (exact) mass is 531 g/mol. The van der Waals surface area contributed by atoms with Crippen LogP contribution < -0.4 is 10.2 Å². The van der Waals surface area contributed by atoms with E-state index in [4.69, 9.17) is 4.74 Å². The number of nitrogens with one attached hydrogen (secondary N) is 1. The third kappa shape index (κ3) is 8.14. The highest BCUT2D eigenvalue weighted by molar-refractivity contribution is 14.0. The highest BCUT2D eigenvalue weighted by Crippen LogP contribution is 2.18. The summed E-state index contributed by atoms with van der Waals surface area (Å²) in [5.74, 6) is 2.65. The van der Waals surface area contributed by atoms with Gasteiger partial charge >= 0.3 is 0 Å². The summed E-state index contributed by atoms with van der Waals surface area (Å²) in [5, 5.41) is 3.53. The Morgan fingerprint density at radius 2 is 1.90 bits per heavy atom. The quantitative estimate of drug-likeness (QED) is 0.238. The van der Waals surface area contributed by atoms with E-state index in [2.05, 4.69) is 42.0 Å². The van der Waals surface area contributed by atoms with E-state index >= 15 is 0 Å². The van der Waals surface area contributed by atoms with Crippen LogP contribution in [0.4, 0.5) is 5.95 Å². The number of halogens is 1. The fourth-order valence-corrected chi connectivity index (χ4v) is 4.03. The van der Waals surface area contributed by atoms with Crippen LogP contribution in [-0.2, 0) is 4.74 Å². The van der Waals surface area contributed by atoms with Gasteiger partial charge in [0.05, 0.1) is 0 Å². The predicted octanol–water partition coefficient (Wildman–Crippen LogP) is 1.93. The van der Waals surface area contributed by atoms with E-state index in [0.29, 0.717) is 0 Å². The molecule has 9 heteroatoms. The summed E-state index contributed by atoms with van der Waals surface area (Å²) in [5.41, 5.74) is 0. The third-order valence-electron chi connectivity index (χ3n) is 5.93. The molecule has 2 saturated heterocycles. The van der Waals surface area contributed by atoms with Crippen LogP contribution >= 0.6 is 24.0 Å². The van der Waals surface area contributed by atoms with Crippen molar-refractivity contribution in [1.82, 2.24) is 25.1 Å². The maximum absolute atomic E-state index is 5.46. The van der Waals surface area contributed by atoms with Gasteiger partial charge in [0, 0.05) is 79.0 Å². The third-order valence-corrected chi connectivity index (χ3v) is 5.93. The van der Waals surface area contributed by atoms with Crippen LogP contribution in [0.25, 0.3) is 0 Å². The normalized spacial score (nSPS) is 18.7. The summed E-state index contributed by atoms with van der Waals surface area (Å²) in [6.07, 6.45) is 8.36. The number of hydrogen-bond donors (Lipinski definition) is 1. The second-order valence-corrected chi connectivity index (χ2v) is 7.97. The molecular weight excluding hydrogens is 493 g/mol. The standard InChI is InChI=1S/C21H37N7O.HI/c1-22-20(26(2)12-5-19-6-17-29-18-7-19)23-10-4-11-27-13-15-28(16-14-27)21-24-8-3-9-25-21;/h3,8-9,19H,4-7,10-18H2,1-2H3,(H,22,23);1H. The SMILES string of the molecule is CN=C(NCCCN1CCN(c2ncccn2)CC1)N(C)CCC1CCOCC1.I. The topological polar surface area (TPSA) is 69.1 Å². The summed E-state index contributed by atoms with van der Waals surface area (Å²) in [4.78, 5) is 20.2. The van der Waals surface area contributed by atoms with Gasteiger partial charge in [0.2, 0.25) is 5.95 Å². The first-order chi connectivity index (χ1) is 14.3. The summed E-state index contributed by atoms with van der Waals surface area (Å²) < 4.78 is 5.46. The molecule has 2 aliphatic heterocycles. The van der Waals surface area contributed by atoms with Crippen molar-refractivity contribution in [3.8, 4) is 0 Å². The van der Waals surface area contributed by atoms with Crippen LogP contribution in [0.2, 0.25) is 0 Å². The van der Waals surface area contributed by atoms with Crippen LogP contribution in [0, 0.1) is 5.92 Å². The molecule has 170 valence electrons. The molecule has 0 unspecified atom stereocenters. The average molecular weight is 531 g/mol. The molecule has 8 nitrogen and oxygen atoms in total. The lowest BCUT2D eigenvalue weighted by molar-refractivity contribution is 0.0625. The van der Waals surface area contributed by atoms with Gasteiger partial charge in [-0.1, -0.05) is 0 Å². The first kappa shape index (κ1) is 25.1. The Hall–Kier alpha value is -1.20. The van der Waals surface area contributed by atoms with Crippen molar-refractivity contribution in [3.63, 3.8) is 0 Å². The van der Waals surface area contributed by atoms with Crippen molar-refractivity contribution >= 4 is 35.9 Å². The van der Waals surface area contributed by atoms with Gasteiger partial charge in [0.25, 0.3) is 0 Å². The van der Waals surface area contributed by atoms with E-state index in [1.165, 1.54) is 19.3 Å². The zero-order chi connectivity index (χ0) is 20.3. The number of nitrogens with zero attached hydrogens (tertiary/aromatic N) is 6. The Labute approximate surface area is 198 Å². The molecule has 2 fully saturated rings. The number of piperazine rings is 1. The first-order valence-electron chi connectivity index (χ1n) is 11.0.